The molecule has 1 heteroatoms. The maximum atomic E-state index is 3.72. The van der Waals surface area contributed by atoms with E-state index < -0.39 is 0 Å². The van der Waals surface area contributed by atoms with Crippen molar-refractivity contribution in [2.24, 2.45) is 11.8 Å². The van der Waals surface area contributed by atoms with Crippen molar-refractivity contribution in [2.45, 2.75) is 78.2 Å². The zero-order chi connectivity index (χ0) is 11.8. The molecule has 16 heavy (non-hydrogen) atoms. The van der Waals surface area contributed by atoms with Crippen LogP contribution in [0.15, 0.2) is 0 Å². The van der Waals surface area contributed by atoms with Crippen LogP contribution in [-0.4, -0.2) is 12.6 Å². The normalized spacial score (nSPS) is 27.2. The van der Waals surface area contributed by atoms with Crippen LogP contribution in [0.25, 0.3) is 0 Å². The third-order valence-electron chi connectivity index (χ3n) is 4.05. The maximum absolute atomic E-state index is 3.72. The lowest BCUT2D eigenvalue weighted by Gasteiger charge is -2.17. The molecule has 1 N–H and O–H groups in total. The van der Waals surface area contributed by atoms with Gasteiger partial charge in [-0.1, -0.05) is 46.0 Å². The third kappa shape index (κ3) is 5.89. The van der Waals surface area contributed by atoms with E-state index in [0.717, 1.165) is 17.9 Å². The van der Waals surface area contributed by atoms with Gasteiger partial charge in [0.2, 0.25) is 0 Å². The van der Waals surface area contributed by atoms with Crippen molar-refractivity contribution in [3.63, 3.8) is 0 Å². The van der Waals surface area contributed by atoms with Gasteiger partial charge in [-0.2, -0.15) is 0 Å². The Morgan fingerprint density at radius 1 is 1.19 bits per heavy atom. The molecule has 0 radical (unpaired) electrons. The van der Waals surface area contributed by atoms with E-state index in [-0.39, 0.29) is 0 Å². The molecule has 0 bridgehead atoms. The second-order valence-electron chi connectivity index (χ2n) is 5.94. The molecule has 1 rings (SSSR count). The van der Waals surface area contributed by atoms with Gasteiger partial charge in [-0.05, 0) is 44.6 Å². The van der Waals surface area contributed by atoms with Crippen LogP contribution in [0.1, 0.15) is 72.1 Å². The lowest BCUT2D eigenvalue weighted by atomic mass is 10.0. The Hall–Kier alpha value is -0.0400. The van der Waals surface area contributed by atoms with Crippen LogP contribution in [0.4, 0.5) is 0 Å². The van der Waals surface area contributed by atoms with E-state index in [0.29, 0.717) is 0 Å². The fraction of sp³-hybridized carbons (Fsp3) is 1.00. The second kappa shape index (κ2) is 8.11. The van der Waals surface area contributed by atoms with Gasteiger partial charge < -0.3 is 5.32 Å². The van der Waals surface area contributed by atoms with Gasteiger partial charge in [0.05, 0.1) is 0 Å². The Balaban J connectivity index is 1.95. The molecule has 3 atom stereocenters. The van der Waals surface area contributed by atoms with Crippen molar-refractivity contribution < 1.29 is 0 Å². The summed E-state index contributed by atoms with van der Waals surface area (Å²) in [7, 11) is 0. The molecule has 1 aliphatic carbocycles. The van der Waals surface area contributed by atoms with Gasteiger partial charge in [0.1, 0.15) is 0 Å². The first kappa shape index (κ1) is 14.0. The summed E-state index contributed by atoms with van der Waals surface area (Å²) in [5.41, 5.74) is 0. The van der Waals surface area contributed by atoms with E-state index >= 15 is 0 Å². The Labute approximate surface area is 102 Å². The zero-order valence-electron chi connectivity index (χ0n) is 11.6. The first-order valence-corrected chi connectivity index (χ1v) is 7.45. The molecule has 1 saturated carbocycles. The maximum Gasteiger partial charge on any atom is 0.00388 e. The van der Waals surface area contributed by atoms with Gasteiger partial charge >= 0.3 is 0 Å². The highest BCUT2D eigenvalue weighted by Gasteiger charge is 2.21. The predicted molar refractivity (Wildman–Crippen MR) is 72.7 cm³/mol. The van der Waals surface area contributed by atoms with Gasteiger partial charge in [-0.3, -0.25) is 0 Å². The standard InChI is InChI=1S/C15H31N/c1-4-5-6-7-8-14(3)16-12-15-10-9-13(2)11-15/h13-16H,4-12H2,1-3H3. The Morgan fingerprint density at radius 2 is 2.00 bits per heavy atom. The van der Waals surface area contributed by atoms with Crippen molar-refractivity contribution >= 4 is 0 Å². The molecule has 0 aromatic heterocycles. The Morgan fingerprint density at radius 3 is 2.62 bits per heavy atom. The fourth-order valence-electron chi connectivity index (χ4n) is 2.86. The summed E-state index contributed by atoms with van der Waals surface area (Å²) in [4.78, 5) is 0. The van der Waals surface area contributed by atoms with Gasteiger partial charge in [0, 0.05) is 6.04 Å². The molecule has 1 fully saturated rings. The molecule has 0 aromatic rings. The van der Waals surface area contributed by atoms with Gasteiger partial charge in [0.15, 0.2) is 0 Å². The average Bonchev–Trinajstić information content (AvgIpc) is 2.68. The highest BCUT2D eigenvalue weighted by molar-refractivity contribution is 4.75. The molecule has 0 amide bonds. The van der Waals surface area contributed by atoms with Gasteiger partial charge in [-0.15, -0.1) is 0 Å². The van der Waals surface area contributed by atoms with E-state index in [9.17, 15) is 0 Å². The molecule has 1 aliphatic rings. The molecule has 0 heterocycles. The van der Waals surface area contributed by atoms with E-state index in [4.69, 9.17) is 0 Å². The number of rotatable bonds is 8. The van der Waals surface area contributed by atoms with E-state index in [2.05, 4.69) is 26.1 Å². The van der Waals surface area contributed by atoms with Crippen LogP contribution in [0, 0.1) is 11.8 Å². The van der Waals surface area contributed by atoms with Crippen molar-refractivity contribution in [1.82, 2.24) is 5.32 Å². The lowest BCUT2D eigenvalue weighted by molar-refractivity contribution is 0.413. The quantitative estimate of drug-likeness (QED) is 0.605. The van der Waals surface area contributed by atoms with Gasteiger partial charge in [-0.25, -0.2) is 0 Å². The minimum Gasteiger partial charge on any atom is -0.314 e. The number of unbranched alkanes of at least 4 members (excludes halogenated alkanes) is 3. The highest BCUT2D eigenvalue weighted by atomic mass is 14.9. The van der Waals surface area contributed by atoms with Crippen molar-refractivity contribution in [3.05, 3.63) is 0 Å². The summed E-state index contributed by atoms with van der Waals surface area (Å²) in [5, 5.41) is 3.72. The topological polar surface area (TPSA) is 12.0 Å². The monoisotopic (exact) mass is 225 g/mol. The van der Waals surface area contributed by atoms with Crippen molar-refractivity contribution in [2.75, 3.05) is 6.54 Å². The summed E-state index contributed by atoms with van der Waals surface area (Å²) in [6.45, 7) is 8.29. The summed E-state index contributed by atoms with van der Waals surface area (Å²) in [5.74, 6) is 1.94. The summed E-state index contributed by atoms with van der Waals surface area (Å²) < 4.78 is 0. The molecule has 3 unspecified atom stereocenters. The van der Waals surface area contributed by atoms with E-state index in [1.807, 2.05) is 0 Å². The molecular weight excluding hydrogens is 194 g/mol. The summed E-state index contributed by atoms with van der Waals surface area (Å²) in [6.07, 6.45) is 11.3. The molecular formula is C15H31N. The Kier molecular flexibility index (Phi) is 7.11. The first-order valence-electron chi connectivity index (χ1n) is 7.45. The van der Waals surface area contributed by atoms with Crippen molar-refractivity contribution in [3.8, 4) is 0 Å². The van der Waals surface area contributed by atoms with Crippen LogP contribution in [0.2, 0.25) is 0 Å². The average molecular weight is 225 g/mol. The lowest BCUT2D eigenvalue weighted by Crippen LogP contribution is -2.30. The van der Waals surface area contributed by atoms with Crippen molar-refractivity contribution in [1.29, 1.82) is 0 Å². The predicted octanol–water partition coefficient (Wildman–Crippen LogP) is 4.37. The van der Waals surface area contributed by atoms with E-state index in [1.165, 1.54) is 57.9 Å². The minimum atomic E-state index is 0.729. The number of hydrogen-bond acceptors (Lipinski definition) is 1. The largest absolute Gasteiger partial charge is 0.314 e. The third-order valence-corrected chi connectivity index (χ3v) is 4.05. The molecule has 0 saturated heterocycles. The Bertz CT molecular complexity index is 167. The van der Waals surface area contributed by atoms with Gasteiger partial charge in [0.25, 0.3) is 0 Å². The molecule has 0 spiro atoms. The smallest absolute Gasteiger partial charge is 0.00388 e. The van der Waals surface area contributed by atoms with Crippen LogP contribution in [-0.2, 0) is 0 Å². The molecule has 96 valence electrons. The SMILES string of the molecule is CCCCCCC(C)NCC1CCC(C)C1. The number of hydrogen-bond donors (Lipinski definition) is 1. The van der Waals surface area contributed by atoms with Crippen LogP contribution in [0.3, 0.4) is 0 Å². The highest BCUT2D eigenvalue weighted by Crippen LogP contribution is 2.29. The van der Waals surface area contributed by atoms with Crippen LogP contribution in [0.5, 0.6) is 0 Å². The first-order chi connectivity index (χ1) is 7.72. The van der Waals surface area contributed by atoms with Crippen LogP contribution >= 0.6 is 0 Å². The van der Waals surface area contributed by atoms with E-state index in [1.54, 1.807) is 0 Å². The molecule has 1 nitrogen and oxygen atoms in total. The second-order valence-corrected chi connectivity index (χ2v) is 5.94. The fourth-order valence-corrected chi connectivity index (χ4v) is 2.86. The van der Waals surface area contributed by atoms with Crippen LogP contribution < -0.4 is 5.32 Å². The minimum absolute atomic E-state index is 0.729. The summed E-state index contributed by atoms with van der Waals surface area (Å²) >= 11 is 0. The summed E-state index contributed by atoms with van der Waals surface area (Å²) in [6, 6.07) is 0.729. The molecule has 0 aromatic carbocycles. The zero-order valence-corrected chi connectivity index (χ0v) is 11.6. The number of nitrogens with one attached hydrogen (secondary N) is 1. The molecule has 0 aliphatic heterocycles.